The zero-order valence-electron chi connectivity index (χ0n) is 13.9. The molecule has 3 aromatic rings. The fourth-order valence-corrected chi connectivity index (χ4v) is 3.20. The van der Waals surface area contributed by atoms with Crippen molar-refractivity contribution in [3.8, 4) is 11.5 Å². The summed E-state index contributed by atoms with van der Waals surface area (Å²) in [5.74, 6) is 1.49. The summed E-state index contributed by atoms with van der Waals surface area (Å²) in [6.45, 7) is 3.98. The molecule has 0 spiro atoms. The molecule has 0 aliphatic rings. The van der Waals surface area contributed by atoms with Crippen molar-refractivity contribution in [2.45, 2.75) is 20.3 Å². The van der Waals surface area contributed by atoms with Crippen LogP contribution in [0.4, 0.5) is 0 Å². The first-order chi connectivity index (χ1) is 11.1. The number of hydrogen-bond acceptors (Lipinski definition) is 3. The van der Waals surface area contributed by atoms with Gasteiger partial charge in [0.25, 0.3) is 0 Å². The summed E-state index contributed by atoms with van der Waals surface area (Å²) >= 11 is 0. The van der Waals surface area contributed by atoms with E-state index >= 15 is 0 Å². The first kappa shape index (κ1) is 15.3. The Labute approximate surface area is 135 Å². The van der Waals surface area contributed by atoms with Crippen LogP contribution in [0.3, 0.4) is 0 Å². The molecule has 3 aromatic carbocycles. The predicted molar refractivity (Wildman–Crippen MR) is 94.9 cm³/mol. The zero-order chi connectivity index (χ0) is 16.6. The summed E-state index contributed by atoms with van der Waals surface area (Å²) in [7, 11) is 3.27. The third-order valence-corrected chi connectivity index (χ3v) is 4.46. The Morgan fingerprint density at radius 3 is 1.87 bits per heavy atom. The summed E-state index contributed by atoms with van der Waals surface area (Å²) < 4.78 is 10.7. The van der Waals surface area contributed by atoms with Gasteiger partial charge in [0.2, 0.25) is 0 Å². The fraction of sp³-hybridized carbons (Fsp3) is 0.250. The Morgan fingerprint density at radius 2 is 1.35 bits per heavy atom. The molecule has 0 saturated carbocycles. The van der Waals surface area contributed by atoms with Crippen molar-refractivity contribution in [1.29, 1.82) is 0 Å². The van der Waals surface area contributed by atoms with E-state index in [-0.39, 0.29) is 5.43 Å². The van der Waals surface area contributed by atoms with Crippen molar-refractivity contribution >= 4 is 21.5 Å². The van der Waals surface area contributed by atoms with Gasteiger partial charge in [0, 0.05) is 10.9 Å². The molecule has 0 heterocycles. The van der Waals surface area contributed by atoms with Crippen molar-refractivity contribution in [3.63, 3.8) is 0 Å². The molecule has 0 unspecified atom stereocenters. The third-order valence-electron chi connectivity index (χ3n) is 4.46. The molecule has 0 aromatic heterocycles. The van der Waals surface area contributed by atoms with Crippen molar-refractivity contribution in [2.75, 3.05) is 14.2 Å². The average Bonchev–Trinajstić information content (AvgIpc) is 2.68. The maximum Gasteiger partial charge on any atom is 0.189 e. The van der Waals surface area contributed by atoms with Crippen LogP contribution in [-0.4, -0.2) is 14.2 Å². The van der Waals surface area contributed by atoms with E-state index in [0.717, 1.165) is 39.5 Å². The van der Waals surface area contributed by atoms with E-state index in [0.29, 0.717) is 11.1 Å². The van der Waals surface area contributed by atoms with E-state index < -0.39 is 0 Å². The van der Waals surface area contributed by atoms with Crippen LogP contribution in [0.2, 0.25) is 0 Å². The zero-order valence-corrected chi connectivity index (χ0v) is 13.9. The van der Waals surface area contributed by atoms with Gasteiger partial charge in [-0.3, -0.25) is 4.79 Å². The van der Waals surface area contributed by atoms with Crippen molar-refractivity contribution in [1.82, 2.24) is 0 Å². The molecular weight excluding hydrogens is 288 g/mol. The predicted octanol–water partition coefficient (Wildman–Crippen LogP) is 4.24. The summed E-state index contributed by atoms with van der Waals surface area (Å²) in [6, 6.07) is 11.7. The van der Waals surface area contributed by atoms with E-state index in [1.165, 1.54) is 0 Å². The Balaban J connectivity index is 2.63. The SMILES string of the molecule is CCc1c(C)c(=O)c2cc(OC)ccc2c2ccc(OC)cc12. The number of hydrogen-bond donors (Lipinski definition) is 0. The first-order valence-corrected chi connectivity index (χ1v) is 7.72. The van der Waals surface area contributed by atoms with Gasteiger partial charge >= 0.3 is 0 Å². The minimum absolute atomic E-state index is 0.0610. The highest BCUT2D eigenvalue weighted by molar-refractivity contribution is 6.08. The molecule has 3 heteroatoms. The van der Waals surface area contributed by atoms with Crippen LogP contribution in [0.15, 0.2) is 41.2 Å². The molecule has 3 rings (SSSR count). The quantitative estimate of drug-likeness (QED) is 0.726. The second-order valence-electron chi connectivity index (χ2n) is 5.61. The van der Waals surface area contributed by atoms with Gasteiger partial charge in [-0.05, 0) is 65.4 Å². The van der Waals surface area contributed by atoms with Crippen molar-refractivity contribution < 1.29 is 9.47 Å². The van der Waals surface area contributed by atoms with Gasteiger partial charge in [-0.15, -0.1) is 0 Å². The smallest absolute Gasteiger partial charge is 0.189 e. The van der Waals surface area contributed by atoms with Gasteiger partial charge in [0.05, 0.1) is 14.2 Å². The minimum Gasteiger partial charge on any atom is -0.497 e. The first-order valence-electron chi connectivity index (χ1n) is 7.72. The topological polar surface area (TPSA) is 35.5 Å². The Hall–Kier alpha value is -2.55. The minimum atomic E-state index is 0.0610. The molecule has 0 radical (unpaired) electrons. The molecule has 0 amide bonds. The molecule has 0 saturated heterocycles. The molecule has 23 heavy (non-hydrogen) atoms. The second-order valence-corrected chi connectivity index (χ2v) is 5.61. The third kappa shape index (κ3) is 2.42. The molecular formula is C20H20O3. The monoisotopic (exact) mass is 308 g/mol. The maximum atomic E-state index is 13.0. The van der Waals surface area contributed by atoms with E-state index in [4.69, 9.17) is 9.47 Å². The van der Waals surface area contributed by atoms with E-state index in [2.05, 4.69) is 6.92 Å². The molecule has 0 aliphatic heterocycles. The molecule has 0 aliphatic carbocycles. The highest BCUT2D eigenvalue weighted by atomic mass is 16.5. The average molecular weight is 308 g/mol. The van der Waals surface area contributed by atoms with Gasteiger partial charge in [0.15, 0.2) is 5.43 Å². The largest absolute Gasteiger partial charge is 0.497 e. The van der Waals surface area contributed by atoms with Crippen LogP contribution in [0, 0.1) is 6.92 Å². The fourth-order valence-electron chi connectivity index (χ4n) is 3.20. The lowest BCUT2D eigenvalue weighted by Gasteiger charge is -2.06. The number of fused-ring (bicyclic) bond motifs is 3. The molecule has 0 bridgehead atoms. The van der Waals surface area contributed by atoms with Crippen LogP contribution in [0.1, 0.15) is 18.1 Å². The number of benzene rings is 2. The lowest BCUT2D eigenvalue weighted by molar-refractivity contribution is 0.415. The Kier molecular flexibility index (Phi) is 3.95. The summed E-state index contributed by atoms with van der Waals surface area (Å²) in [6.07, 6.45) is 0.795. The summed E-state index contributed by atoms with van der Waals surface area (Å²) in [5, 5.41) is 3.76. The lowest BCUT2D eigenvalue weighted by Crippen LogP contribution is -2.04. The van der Waals surface area contributed by atoms with E-state index in [1.807, 2.05) is 43.3 Å². The van der Waals surface area contributed by atoms with Gasteiger partial charge in [-0.2, -0.15) is 0 Å². The van der Waals surface area contributed by atoms with Crippen LogP contribution in [-0.2, 0) is 6.42 Å². The Bertz CT molecular complexity index is 958. The number of aryl methyl sites for hydroxylation is 1. The normalized spacial score (nSPS) is 11.0. The van der Waals surface area contributed by atoms with Crippen LogP contribution in [0.25, 0.3) is 21.5 Å². The van der Waals surface area contributed by atoms with Crippen LogP contribution >= 0.6 is 0 Å². The van der Waals surface area contributed by atoms with Gasteiger partial charge in [-0.25, -0.2) is 0 Å². The number of methoxy groups -OCH3 is 2. The number of rotatable bonds is 3. The molecule has 0 fully saturated rings. The van der Waals surface area contributed by atoms with Crippen LogP contribution in [0.5, 0.6) is 11.5 Å². The van der Waals surface area contributed by atoms with E-state index in [1.54, 1.807) is 14.2 Å². The molecule has 0 N–H and O–H groups in total. The second kappa shape index (κ2) is 5.92. The Morgan fingerprint density at radius 1 is 0.826 bits per heavy atom. The van der Waals surface area contributed by atoms with E-state index in [9.17, 15) is 4.79 Å². The summed E-state index contributed by atoms with van der Waals surface area (Å²) in [4.78, 5) is 13.0. The molecule has 0 atom stereocenters. The molecule has 3 nitrogen and oxygen atoms in total. The van der Waals surface area contributed by atoms with Gasteiger partial charge in [0.1, 0.15) is 11.5 Å². The highest BCUT2D eigenvalue weighted by Gasteiger charge is 2.12. The van der Waals surface area contributed by atoms with Crippen LogP contribution < -0.4 is 14.9 Å². The maximum absolute atomic E-state index is 13.0. The van der Waals surface area contributed by atoms with Gasteiger partial charge in [-0.1, -0.05) is 13.0 Å². The van der Waals surface area contributed by atoms with Crippen molar-refractivity contribution in [3.05, 3.63) is 57.7 Å². The lowest BCUT2D eigenvalue weighted by atomic mass is 10.0. The highest BCUT2D eigenvalue weighted by Crippen LogP contribution is 2.31. The van der Waals surface area contributed by atoms with Gasteiger partial charge < -0.3 is 9.47 Å². The standard InChI is InChI=1S/C20H20O3/c1-5-15-12(2)20(21)19-11-14(23-4)7-9-17(19)16-8-6-13(22-3)10-18(15)16/h6-11H,5H2,1-4H3. The molecule has 118 valence electrons. The number of ether oxygens (including phenoxy) is 2. The summed E-state index contributed by atoms with van der Waals surface area (Å²) in [5.41, 5.74) is 1.92. The van der Waals surface area contributed by atoms with Crippen molar-refractivity contribution in [2.24, 2.45) is 0 Å².